The molecule has 2 aromatic carbocycles. The molecule has 0 amide bonds. The van der Waals surface area contributed by atoms with Crippen molar-refractivity contribution in [2.75, 3.05) is 10.0 Å². The second kappa shape index (κ2) is 5.31. The molecular weight excluding hydrogens is 299 g/mol. The summed E-state index contributed by atoms with van der Waals surface area (Å²) >= 11 is 0. The third-order valence-electron chi connectivity index (χ3n) is 3.64. The highest BCUT2D eigenvalue weighted by atomic mass is 19.1. The monoisotopic (exact) mass is 313 g/mol. The molecule has 5 N–H and O–H groups in total. The van der Waals surface area contributed by atoms with E-state index in [1.165, 1.54) is 17.1 Å². The normalized spacial score (nSPS) is 15.8. The molecule has 4 rings (SSSR count). The number of allylic oxidation sites excluding steroid dienone is 1. The standard InChI is InChI=1S/C16H12FN4O.H2O/c17-10-5-7-11(8-6-10)20-16(22)15-9-13(18)12-3-1-2-4-14(12)21(15)19-20;/h1-9,22H,18H2;1H2. The molecule has 7 heteroatoms. The van der Waals surface area contributed by atoms with E-state index in [4.69, 9.17) is 5.73 Å². The summed E-state index contributed by atoms with van der Waals surface area (Å²) in [5, 5.41) is 13.4. The summed E-state index contributed by atoms with van der Waals surface area (Å²) in [4.78, 5) is 0. The van der Waals surface area contributed by atoms with Gasteiger partial charge in [0, 0.05) is 11.3 Å². The summed E-state index contributed by atoms with van der Waals surface area (Å²) in [5.74, 6) is -0.397. The number of nitrogens with two attached hydrogens (primary N) is 1. The maximum atomic E-state index is 13.1. The number of halogens is 1. The van der Waals surface area contributed by atoms with Gasteiger partial charge in [-0.25, -0.2) is 14.4 Å². The van der Waals surface area contributed by atoms with Crippen molar-refractivity contribution in [1.29, 1.82) is 0 Å². The molecular formula is C16H14FN4O2. The maximum Gasteiger partial charge on any atom is 0.235 e. The van der Waals surface area contributed by atoms with Crippen LogP contribution in [0.3, 0.4) is 0 Å². The maximum absolute atomic E-state index is 13.1. The molecule has 0 atom stereocenters. The topological polar surface area (TPSA) is 98.3 Å². The van der Waals surface area contributed by atoms with E-state index in [0.29, 0.717) is 17.1 Å². The van der Waals surface area contributed by atoms with Crippen molar-refractivity contribution in [1.82, 2.24) is 5.53 Å². The molecule has 2 aromatic rings. The SMILES string of the molecule is NC1=CC2=C(O)N(c3ccc(F)cc3)[N]N2c2ccccc21.O. The van der Waals surface area contributed by atoms with Gasteiger partial charge in [-0.05, 0) is 41.9 Å². The summed E-state index contributed by atoms with van der Waals surface area (Å²) in [7, 11) is 0. The number of aliphatic hydroxyl groups excluding tert-OH is 1. The minimum absolute atomic E-state index is 0. The van der Waals surface area contributed by atoms with Crippen molar-refractivity contribution in [3.05, 3.63) is 77.6 Å². The molecule has 2 aliphatic rings. The first-order valence-corrected chi connectivity index (χ1v) is 6.72. The first kappa shape index (κ1) is 14.9. The van der Waals surface area contributed by atoms with Crippen LogP contribution < -0.4 is 21.3 Å². The van der Waals surface area contributed by atoms with Crippen LogP contribution in [0.2, 0.25) is 0 Å². The van der Waals surface area contributed by atoms with Gasteiger partial charge in [0.15, 0.2) is 0 Å². The van der Waals surface area contributed by atoms with Gasteiger partial charge >= 0.3 is 0 Å². The van der Waals surface area contributed by atoms with Gasteiger partial charge in [0.25, 0.3) is 0 Å². The van der Waals surface area contributed by atoms with Gasteiger partial charge < -0.3 is 16.3 Å². The predicted octanol–water partition coefficient (Wildman–Crippen LogP) is 1.80. The third kappa shape index (κ3) is 2.19. The Bertz CT molecular complexity index is 817. The summed E-state index contributed by atoms with van der Waals surface area (Å²) in [6.45, 7) is 0. The van der Waals surface area contributed by atoms with Gasteiger partial charge in [0.2, 0.25) is 5.88 Å². The number of aliphatic hydroxyl groups is 1. The molecule has 0 unspecified atom stereocenters. The summed E-state index contributed by atoms with van der Waals surface area (Å²) in [5.41, 5.74) is 13.7. The predicted molar refractivity (Wildman–Crippen MR) is 85.4 cm³/mol. The van der Waals surface area contributed by atoms with E-state index in [1.54, 1.807) is 23.2 Å². The van der Waals surface area contributed by atoms with Crippen molar-refractivity contribution >= 4 is 17.1 Å². The van der Waals surface area contributed by atoms with Crippen LogP contribution in [-0.2, 0) is 0 Å². The first-order chi connectivity index (χ1) is 10.6. The van der Waals surface area contributed by atoms with Gasteiger partial charge in [0.05, 0.1) is 11.4 Å². The Morgan fingerprint density at radius 2 is 1.70 bits per heavy atom. The average molecular weight is 313 g/mol. The van der Waals surface area contributed by atoms with Crippen molar-refractivity contribution in [2.45, 2.75) is 0 Å². The van der Waals surface area contributed by atoms with Crippen LogP contribution in [-0.4, -0.2) is 10.6 Å². The quantitative estimate of drug-likeness (QED) is 0.838. The van der Waals surface area contributed by atoms with Crippen LogP contribution in [0.15, 0.2) is 66.2 Å². The summed E-state index contributed by atoms with van der Waals surface area (Å²) in [6, 6.07) is 13.3. The highest BCUT2D eigenvalue weighted by molar-refractivity contribution is 5.84. The second-order valence-corrected chi connectivity index (χ2v) is 5.02. The molecule has 0 fully saturated rings. The van der Waals surface area contributed by atoms with E-state index in [9.17, 15) is 9.50 Å². The summed E-state index contributed by atoms with van der Waals surface area (Å²) < 4.78 is 13.1. The molecule has 2 heterocycles. The van der Waals surface area contributed by atoms with Gasteiger partial charge in [-0.1, -0.05) is 18.2 Å². The Hall–Kier alpha value is -3.03. The Morgan fingerprint density at radius 1 is 1.00 bits per heavy atom. The smallest absolute Gasteiger partial charge is 0.235 e. The van der Waals surface area contributed by atoms with E-state index in [-0.39, 0.29) is 17.2 Å². The number of fused-ring (bicyclic) bond motifs is 3. The number of anilines is 2. The molecule has 6 nitrogen and oxygen atoms in total. The minimum Gasteiger partial charge on any atom is -0.492 e. The molecule has 2 aliphatic heterocycles. The first-order valence-electron chi connectivity index (χ1n) is 6.72. The number of hydrogen-bond donors (Lipinski definition) is 2. The van der Waals surface area contributed by atoms with Crippen molar-refractivity contribution in [2.24, 2.45) is 5.73 Å². The van der Waals surface area contributed by atoms with E-state index in [0.717, 1.165) is 11.3 Å². The molecule has 23 heavy (non-hydrogen) atoms. The average Bonchev–Trinajstić information content (AvgIpc) is 2.86. The zero-order valence-corrected chi connectivity index (χ0v) is 11.9. The van der Waals surface area contributed by atoms with Crippen LogP contribution in [0.4, 0.5) is 15.8 Å². The summed E-state index contributed by atoms with van der Waals surface area (Å²) in [6.07, 6.45) is 1.67. The van der Waals surface area contributed by atoms with E-state index < -0.39 is 0 Å². The van der Waals surface area contributed by atoms with Crippen LogP contribution in [0, 0.1) is 5.82 Å². The zero-order chi connectivity index (χ0) is 15.3. The lowest BCUT2D eigenvalue weighted by atomic mass is 10.0. The molecule has 0 spiro atoms. The highest BCUT2D eigenvalue weighted by Crippen LogP contribution is 2.38. The highest BCUT2D eigenvalue weighted by Gasteiger charge is 2.35. The van der Waals surface area contributed by atoms with Gasteiger partial charge in [0.1, 0.15) is 11.5 Å². The molecule has 117 valence electrons. The molecule has 0 aromatic heterocycles. The van der Waals surface area contributed by atoms with Crippen LogP contribution in [0.25, 0.3) is 5.70 Å². The molecule has 0 saturated carbocycles. The Balaban J connectivity index is 0.00000156. The molecule has 0 saturated heterocycles. The Labute approximate surface area is 131 Å². The third-order valence-corrected chi connectivity index (χ3v) is 3.64. The van der Waals surface area contributed by atoms with Gasteiger partial charge in [-0.3, -0.25) is 0 Å². The number of para-hydroxylation sites is 1. The van der Waals surface area contributed by atoms with Crippen molar-refractivity contribution in [3.8, 4) is 0 Å². The van der Waals surface area contributed by atoms with E-state index in [2.05, 4.69) is 5.53 Å². The lowest BCUT2D eigenvalue weighted by Gasteiger charge is -2.25. The number of benzene rings is 2. The lowest BCUT2D eigenvalue weighted by Crippen LogP contribution is -2.36. The van der Waals surface area contributed by atoms with Crippen LogP contribution in [0.5, 0.6) is 0 Å². The zero-order valence-electron chi connectivity index (χ0n) is 11.9. The van der Waals surface area contributed by atoms with Crippen LogP contribution in [0.1, 0.15) is 5.56 Å². The Morgan fingerprint density at radius 3 is 2.43 bits per heavy atom. The number of rotatable bonds is 1. The largest absolute Gasteiger partial charge is 0.492 e. The molecule has 0 aliphatic carbocycles. The van der Waals surface area contributed by atoms with Crippen LogP contribution >= 0.6 is 0 Å². The van der Waals surface area contributed by atoms with Crippen molar-refractivity contribution < 1.29 is 15.0 Å². The van der Waals surface area contributed by atoms with Gasteiger partial charge in [-0.15, -0.1) is 0 Å². The van der Waals surface area contributed by atoms with E-state index in [1.807, 2.05) is 24.3 Å². The fourth-order valence-electron chi connectivity index (χ4n) is 2.57. The number of hydrogen-bond acceptors (Lipinski definition) is 4. The molecule has 1 radical (unpaired) electrons. The van der Waals surface area contributed by atoms with Crippen molar-refractivity contribution in [3.63, 3.8) is 0 Å². The fourth-order valence-corrected chi connectivity index (χ4v) is 2.57. The molecule has 0 bridgehead atoms. The van der Waals surface area contributed by atoms with E-state index >= 15 is 0 Å². The number of nitrogens with zero attached hydrogens (tertiary/aromatic N) is 3. The minimum atomic E-state index is -0.345. The second-order valence-electron chi connectivity index (χ2n) is 5.02. The lowest BCUT2D eigenvalue weighted by molar-refractivity contribution is 0.387. The Kier molecular flexibility index (Phi) is 3.44. The fraction of sp³-hybridized carbons (Fsp3) is 0. The van der Waals surface area contributed by atoms with Gasteiger partial charge in [-0.2, -0.15) is 0 Å².